The molecule has 78 valence electrons. The minimum atomic E-state index is -0.0856. The lowest BCUT2D eigenvalue weighted by atomic mass is 9.91. The molecule has 1 aliphatic rings. The van der Waals surface area contributed by atoms with Gasteiger partial charge in [-0.05, 0) is 25.8 Å². The molecule has 2 atom stereocenters. The second-order valence-electron chi connectivity index (χ2n) is 4.75. The van der Waals surface area contributed by atoms with E-state index >= 15 is 0 Å². The Morgan fingerprint density at radius 2 is 1.92 bits per heavy atom. The largest absolute Gasteiger partial charge is 0.391 e. The number of aliphatic hydroxyl groups excluding tert-OH is 1. The van der Waals surface area contributed by atoms with E-state index in [9.17, 15) is 5.11 Å². The Morgan fingerprint density at radius 3 is 2.46 bits per heavy atom. The van der Waals surface area contributed by atoms with Crippen molar-refractivity contribution in [3.8, 4) is 0 Å². The van der Waals surface area contributed by atoms with Crippen LogP contribution in [0.5, 0.6) is 0 Å². The number of nitrogens with zero attached hydrogens (tertiary/aromatic N) is 1. The van der Waals surface area contributed by atoms with E-state index in [-0.39, 0.29) is 6.10 Å². The van der Waals surface area contributed by atoms with Crippen molar-refractivity contribution in [1.29, 1.82) is 0 Å². The molecule has 2 nitrogen and oxygen atoms in total. The number of rotatable bonds is 3. The Kier molecular flexibility index (Phi) is 4.20. The van der Waals surface area contributed by atoms with Crippen molar-refractivity contribution in [2.75, 3.05) is 13.6 Å². The Balaban J connectivity index is 2.39. The summed E-state index contributed by atoms with van der Waals surface area (Å²) in [5, 5.41) is 9.81. The lowest BCUT2D eigenvalue weighted by Gasteiger charge is -2.36. The van der Waals surface area contributed by atoms with Gasteiger partial charge in [0.05, 0.1) is 6.10 Å². The zero-order valence-electron chi connectivity index (χ0n) is 9.16. The molecule has 1 N–H and O–H groups in total. The van der Waals surface area contributed by atoms with Crippen LogP contribution in [0.2, 0.25) is 0 Å². The van der Waals surface area contributed by atoms with Gasteiger partial charge in [-0.3, -0.25) is 0 Å². The highest BCUT2D eigenvalue weighted by atomic mass is 16.3. The molecule has 0 heterocycles. The van der Waals surface area contributed by atoms with Crippen LogP contribution in [0, 0.1) is 5.92 Å². The quantitative estimate of drug-likeness (QED) is 0.725. The first kappa shape index (κ1) is 11.0. The Morgan fingerprint density at radius 1 is 1.31 bits per heavy atom. The smallest absolute Gasteiger partial charge is 0.0695 e. The van der Waals surface area contributed by atoms with Gasteiger partial charge in [0.2, 0.25) is 0 Å². The van der Waals surface area contributed by atoms with Crippen LogP contribution in [0.1, 0.15) is 39.5 Å². The molecule has 2 unspecified atom stereocenters. The topological polar surface area (TPSA) is 23.5 Å². The lowest BCUT2D eigenvalue weighted by Crippen LogP contribution is -2.44. The molecule has 0 aliphatic heterocycles. The Labute approximate surface area is 81.9 Å². The fourth-order valence-electron chi connectivity index (χ4n) is 2.32. The van der Waals surface area contributed by atoms with E-state index in [0.717, 1.165) is 13.0 Å². The maximum Gasteiger partial charge on any atom is 0.0695 e. The molecule has 13 heavy (non-hydrogen) atoms. The van der Waals surface area contributed by atoms with Gasteiger partial charge in [0.1, 0.15) is 0 Å². The number of hydrogen-bond donors (Lipinski definition) is 1. The van der Waals surface area contributed by atoms with Crippen molar-refractivity contribution in [1.82, 2.24) is 4.90 Å². The molecule has 0 spiro atoms. The SMILES string of the molecule is CC(C)CN(C)C1CCCCC1O. The third kappa shape index (κ3) is 3.28. The summed E-state index contributed by atoms with van der Waals surface area (Å²) in [6.45, 7) is 5.55. The van der Waals surface area contributed by atoms with Crippen LogP contribution in [0.4, 0.5) is 0 Å². The highest BCUT2D eigenvalue weighted by molar-refractivity contribution is 4.81. The van der Waals surface area contributed by atoms with E-state index in [1.807, 2.05) is 0 Å². The van der Waals surface area contributed by atoms with E-state index in [1.165, 1.54) is 19.3 Å². The first-order valence-corrected chi connectivity index (χ1v) is 5.49. The van der Waals surface area contributed by atoms with E-state index in [0.29, 0.717) is 12.0 Å². The van der Waals surface area contributed by atoms with Gasteiger partial charge >= 0.3 is 0 Å². The molecular weight excluding hydrogens is 162 g/mol. The van der Waals surface area contributed by atoms with Crippen molar-refractivity contribution < 1.29 is 5.11 Å². The van der Waals surface area contributed by atoms with Crippen molar-refractivity contribution in [2.45, 2.75) is 51.7 Å². The van der Waals surface area contributed by atoms with E-state index in [2.05, 4.69) is 25.8 Å². The van der Waals surface area contributed by atoms with Gasteiger partial charge in [-0.15, -0.1) is 0 Å². The van der Waals surface area contributed by atoms with Gasteiger partial charge in [-0.25, -0.2) is 0 Å². The molecule has 0 saturated heterocycles. The molecule has 1 aliphatic carbocycles. The second kappa shape index (κ2) is 4.97. The van der Waals surface area contributed by atoms with Crippen LogP contribution in [0.15, 0.2) is 0 Å². The lowest BCUT2D eigenvalue weighted by molar-refractivity contribution is 0.0277. The van der Waals surface area contributed by atoms with E-state index < -0.39 is 0 Å². The van der Waals surface area contributed by atoms with Crippen molar-refractivity contribution in [3.05, 3.63) is 0 Å². The predicted molar refractivity (Wildman–Crippen MR) is 55.7 cm³/mol. The van der Waals surface area contributed by atoms with Crippen LogP contribution >= 0.6 is 0 Å². The Hall–Kier alpha value is -0.0800. The summed E-state index contributed by atoms with van der Waals surface area (Å²) in [4.78, 5) is 2.33. The van der Waals surface area contributed by atoms with Gasteiger partial charge in [0.25, 0.3) is 0 Å². The van der Waals surface area contributed by atoms with Crippen molar-refractivity contribution in [3.63, 3.8) is 0 Å². The van der Waals surface area contributed by atoms with Gasteiger partial charge in [-0.2, -0.15) is 0 Å². The molecule has 2 heteroatoms. The highest BCUT2D eigenvalue weighted by Crippen LogP contribution is 2.22. The predicted octanol–water partition coefficient (Wildman–Crippen LogP) is 1.88. The van der Waals surface area contributed by atoms with Gasteiger partial charge in [0.15, 0.2) is 0 Å². The number of hydrogen-bond acceptors (Lipinski definition) is 2. The first-order chi connectivity index (χ1) is 6.11. The average molecular weight is 185 g/mol. The third-order valence-corrected chi connectivity index (χ3v) is 2.91. The third-order valence-electron chi connectivity index (χ3n) is 2.91. The summed E-state index contributed by atoms with van der Waals surface area (Å²) in [6.07, 6.45) is 4.56. The molecule has 0 aromatic heterocycles. The van der Waals surface area contributed by atoms with E-state index in [4.69, 9.17) is 0 Å². The zero-order chi connectivity index (χ0) is 9.84. The minimum absolute atomic E-state index is 0.0856. The van der Waals surface area contributed by atoms with Crippen LogP contribution in [-0.2, 0) is 0 Å². The summed E-state index contributed by atoms with van der Waals surface area (Å²) in [5.41, 5.74) is 0. The first-order valence-electron chi connectivity index (χ1n) is 5.49. The fourth-order valence-corrected chi connectivity index (χ4v) is 2.32. The second-order valence-corrected chi connectivity index (χ2v) is 4.75. The van der Waals surface area contributed by atoms with Gasteiger partial charge in [-0.1, -0.05) is 26.7 Å². The molecule has 0 amide bonds. The summed E-state index contributed by atoms with van der Waals surface area (Å²) in [7, 11) is 2.14. The molecule has 0 aromatic carbocycles. The number of aliphatic hydroxyl groups is 1. The normalized spacial score (nSPS) is 30.0. The summed E-state index contributed by atoms with van der Waals surface area (Å²) in [5.74, 6) is 0.694. The highest BCUT2D eigenvalue weighted by Gasteiger charge is 2.26. The summed E-state index contributed by atoms with van der Waals surface area (Å²) in [6, 6.07) is 0.413. The molecule has 0 aromatic rings. The monoisotopic (exact) mass is 185 g/mol. The zero-order valence-corrected chi connectivity index (χ0v) is 9.16. The van der Waals surface area contributed by atoms with Gasteiger partial charge in [0, 0.05) is 12.6 Å². The molecule has 1 rings (SSSR count). The summed E-state index contributed by atoms with van der Waals surface area (Å²) >= 11 is 0. The number of likely N-dealkylation sites (N-methyl/N-ethyl adjacent to an activating group) is 1. The molecule has 0 bridgehead atoms. The minimum Gasteiger partial charge on any atom is -0.391 e. The maximum atomic E-state index is 9.81. The van der Waals surface area contributed by atoms with Crippen LogP contribution in [0.25, 0.3) is 0 Å². The molecule has 0 radical (unpaired) electrons. The average Bonchev–Trinajstić information content (AvgIpc) is 2.03. The Bertz CT molecular complexity index is 147. The maximum absolute atomic E-state index is 9.81. The molecular formula is C11H23NO. The van der Waals surface area contributed by atoms with Gasteiger partial charge < -0.3 is 10.0 Å². The van der Waals surface area contributed by atoms with Crippen molar-refractivity contribution in [2.24, 2.45) is 5.92 Å². The van der Waals surface area contributed by atoms with Crippen molar-refractivity contribution >= 4 is 0 Å². The molecule has 1 fully saturated rings. The van der Waals surface area contributed by atoms with Crippen LogP contribution < -0.4 is 0 Å². The van der Waals surface area contributed by atoms with Crippen LogP contribution in [0.3, 0.4) is 0 Å². The molecule has 1 saturated carbocycles. The standard InChI is InChI=1S/C11H23NO/c1-9(2)8-12(3)10-6-4-5-7-11(10)13/h9-11,13H,4-8H2,1-3H3. The van der Waals surface area contributed by atoms with Crippen LogP contribution in [-0.4, -0.2) is 35.7 Å². The summed E-state index contributed by atoms with van der Waals surface area (Å²) < 4.78 is 0. The van der Waals surface area contributed by atoms with E-state index in [1.54, 1.807) is 0 Å². The fraction of sp³-hybridized carbons (Fsp3) is 1.00.